The maximum Gasteiger partial charge on any atom is 0.344 e. The number of urea groups is 1. The van der Waals surface area contributed by atoms with Crippen molar-refractivity contribution in [1.29, 1.82) is 0 Å². The number of thioether (sulfide) groups is 1. The summed E-state index contributed by atoms with van der Waals surface area (Å²) < 4.78 is 10.7. The summed E-state index contributed by atoms with van der Waals surface area (Å²) in [5, 5.41) is 3.62. The molecular weight excluding hydrogens is 394 g/mol. The number of carbonyl (C=O) groups excluding carboxylic acids is 3. The van der Waals surface area contributed by atoms with Crippen LogP contribution in [0.2, 0.25) is 0 Å². The van der Waals surface area contributed by atoms with Crippen molar-refractivity contribution in [3.8, 4) is 11.5 Å². The number of benzene rings is 1. The van der Waals surface area contributed by atoms with Crippen LogP contribution in [-0.4, -0.2) is 53.6 Å². The van der Waals surface area contributed by atoms with Crippen LogP contribution in [0.25, 0.3) is 0 Å². The standard InChI is InChI=1S/C20H27N3O5S/c1-14-7-9-20(10-8-14)18(25)23(19(26)21-20)22-17(24)13-29-12-11-28-16-5-3-15(27-2)4-6-16/h3-6,14H,7-13H2,1-2H3,(H,21,26)(H,22,24). The number of nitrogens with zero attached hydrogens (tertiary/aromatic N) is 1. The van der Waals surface area contributed by atoms with Crippen LogP contribution in [0.3, 0.4) is 0 Å². The molecule has 4 amide bonds. The summed E-state index contributed by atoms with van der Waals surface area (Å²) in [6.45, 7) is 2.58. The van der Waals surface area contributed by atoms with Crippen LogP contribution < -0.4 is 20.2 Å². The minimum atomic E-state index is -0.851. The third-order valence-corrected chi connectivity index (χ3v) is 6.24. The summed E-state index contributed by atoms with van der Waals surface area (Å²) in [4.78, 5) is 37.1. The SMILES string of the molecule is COc1ccc(OCCSCC(=O)NN2C(=O)NC3(CCC(C)CC3)C2=O)cc1. The number of carbonyl (C=O) groups is 3. The molecule has 9 heteroatoms. The van der Waals surface area contributed by atoms with Crippen molar-refractivity contribution in [2.75, 3.05) is 25.2 Å². The van der Waals surface area contributed by atoms with Crippen LogP contribution in [0, 0.1) is 5.92 Å². The molecule has 2 aliphatic rings. The van der Waals surface area contributed by atoms with Crippen molar-refractivity contribution in [2.24, 2.45) is 5.92 Å². The molecule has 29 heavy (non-hydrogen) atoms. The molecule has 158 valence electrons. The zero-order valence-electron chi connectivity index (χ0n) is 16.7. The van der Waals surface area contributed by atoms with Gasteiger partial charge in [-0.3, -0.25) is 15.0 Å². The van der Waals surface area contributed by atoms with Gasteiger partial charge in [0.1, 0.15) is 17.0 Å². The van der Waals surface area contributed by atoms with E-state index in [9.17, 15) is 14.4 Å². The first-order valence-electron chi connectivity index (χ1n) is 9.74. The van der Waals surface area contributed by atoms with Gasteiger partial charge < -0.3 is 14.8 Å². The van der Waals surface area contributed by atoms with E-state index in [-0.39, 0.29) is 17.6 Å². The Morgan fingerprint density at radius 3 is 2.55 bits per heavy atom. The highest BCUT2D eigenvalue weighted by Gasteiger charge is 2.52. The molecule has 3 rings (SSSR count). The average Bonchev–Trinajstić information content (AvgIpc) is 2.94. The summed E-state index contributed by atoms with van der Waals surface area (Å²) in [5.41, 5.74) is 1.59. The third kappa shape index (κ3) is 5.14. The van der Waals surface area contributed by atoms with Crippen LogP contribution in [0.4, 0.5) is 4.79 Å². The minimum absolute atomic E-state index is 0.132. The second-order valence-corrected chi connectivity index (χ2v) is 8.55. The Bertz CT molecular complexity index is 747. The van der Waals surface area contributed by atoms with Crippen LogP contribution in [0.15, 0.2) is 24.3 Å². The van der Waals surface area contributed by atoms with E-state index < -0.39 is 11.6 Å². The van der Waals surface area contributed by atoms with E-state index in [0.717, 1.165) is 29.3 Å². The quantitative estimate of drug-likeness (QED) is 0.494. The van der Waals surface area contributed by atoms with Crippen LogP contribution in [-0.2, 0) is 9.59 Å². The highest BCUT2D eigenvalue weighted by molar-refractivity contribution is 7.99. The Hall–Kier alpha value is -2.42. The maximum atomic E-state index is 12.7. The number of ether oxygens (including phenoxy) is 2. The zero-order chi connectivity index (χ0) is 20.9. The number of rotatable bonds is 8. The molecule has 8 nitrogen and oxygen atoms in total. The smallest absolute Gasteiger partial charge is 0.344 e. The fraction of sp³-hybridized carbons (Fsp3) is 0.550. The van der Waals surface area contributed by atoms with Crippen LogP contribution in [0.5, 0.6) is 11.5 Å². The number of methoxy groups -OCH3 is 1. The number of hydrogen-bond acceptors (Lipinski definition) is 6. The second-order valence-electron chi connectivity index (χ2n) is 7.45. The van der Waals surface area contributed by atoms with Gasteiger partial charge in [0.05, 0.1) is 19.5 Å². The molecule has 1 spiro atoms. The van der Waals surface area contributed by atoms with Crippen molar-refractivity contribution in [2.45, 2.75) is 38.1 Å². The van der Waals surface area contributed by atoms with E-state index in [2.05, 4.69) is 17.7 Å². The van der Waals surface area contributed by atoms with Crippen molar-refractivity contribution < 1.29 is 23.9 Å². The molecule has 0 radical (unpaired) electrons. The third-order valence-electron chi connectivity index (χ3n) is 5.32. The highest BCUT2D eigenvalue weighted by Crippen LogP contribution is 2.35. The monoisotopic (exact) mass is 421 g/mol. The molecular formula is C20H27N3O5S. The van der Waals surface area contributed by atoms with E-state index in [0.29, 0.717) is 31.1 Å². The molecule has 0 bridgehead atoms. The lowest BCUT2D eigenvalue weighted by Crippen LogP contribution is -2.51. The molecule has 0 aromatic heterocycles. The van der Waals surface area contributed by atoms with Gasteiger partial charge in [-0.2, -0.15) is 5.01 Å². The van der Waals surface area contributed by atoms with E-state index >= 15 is 0 Å². The number of imide groups is 1. The van der Waals surface area contributed by atoms with Crippen molar-refractivity contribution in [3.63, 3.8) is 0 Å². The number of hydrazine groups is 1. The Balaban J connectivity index is 1.38. The highest BCUT2D eigenvalue weighted by atomic mass is 32.2. The molecule has 0 unspecified atom stereocenters. The summed E-state index contributed by atoms with van der Waals surface area (Å²) in [5.74, 6) is 2.02. The predicted octanol–water partition coefficient (Wildman–Crippen LogP) is 2.34. The molecule has 2 N–H and O–H groups in total. The van der Waals surface area contributed by atoms with E-state index in [1.165, 1.54) is 11.8 Å². The summed E-state index contributed by atoms with van der Waals surface area (Å²) in [6, 6.07) is 6.71. The van der Waals surface area contributed by atoms with Gasteiger partial charge in [-0.15, -0.1) is 11.8 Å². The average molecular weight is 422 g/mol. The lowest BCUT2D eigenvalue weighted by molar-refractivity contribution is -0.139. The molecule has 1 aromatic rings. The number of nitrogens with one attached hydrogen (secondary N) is 2. The zero-order valence-corrected chi connectivity index (χ0v) is 17.5. The number of hydrogen-bond donors (Lipinski definition) is 2. The van der Waals surface area contributed by atoms with Crippen molar-refractivity contribution >= 4 is 29.6 Å². The molecule has 1 heterocycles. The van der Waals surface area contributed by atoms with Gasteiger partial charge in [-0.25, -0.2) is 4.79 Å². The first-order valence-corrected chi connectivity index (χ1v) is 10.9. The Labute approximate surface area is 174 Å². The lowest BCUT2D eigenvalue weighted by Gasteiger charge is -2.33. The summed E-state index contributed by atoms with van der Waals surface area (Å²) in [7, 11) is 1.60. The summed E-state index contributed by atoms with van der Waals surface area (Å²) in [6.07, 6.45) is 3.00. The van der Waals surface area contributed by atoms with Gasteiger partial charge >= 0.3 is 6.03 Å². The van der Waals surface area contributed by atoms with Crippen LogP contribution in [0.1, 0.15) is 32.6 Å². The van der Waals surface area contributed by atoms with Gasteiger partial charge in [-0.1, -0.05) is 6.92 Å². The van der Waals surface area contributed by atoms with Crippen molar-refractivity contribution in [3.05, 3.63) is 24.3 Å². The number of amides is 4. The topological polar surface area (TPSA) is 97.0 Å². The molecule has 1 saturated carbocycles. The first kappa shape index (κ1) is 21.3. The van der Waals surface area contributed by atoms with Gasteiger partial charge in [0.2, 0.25) is 5.91 Å². The molecule has 1 aliphatic heterocycles. The lowest BCUT2D eigenvalue weighted by atomic mass is 9.77. The molecule has 0 atom stereocenters. The summed E-state index contributed by atoms with van der Waals surface area (Å²) >= 11 is 1.37. The molecule has 1 aromatic carbocycles. The van der Waals surface area contributed by atoms with Gasteiger partial charge in [0.15, 0.2) is 0 Å². The largest absolute Gasteiger partial charge is 0.497 e. The van der Waals surface area contributed by atoms with E-state index in [1.54, 1.807) is 7.11 Å². The molecule has 2 fully saturated rings. The second kappa shape index (κ2) is 9.39. The molecule has 1 aliphatic carbocycles. The van der Waals surface area contributed by atoms with Gasteiger partial charge in [0, 0.05) is 5.75 Å². The maximum absolute atomic E-state index is 12.7. The predicted molar refractivity (Wildman–Crippen MR) is 110 cm³/mol. The van der Waals surface area contributed by atoms with Crippen molar-refractivity contribution in [1.82, 2.24) is 15.8 Å². The first-order chi connectivity index (χ1) is 13.9. The fourth-order valence-corrected chi connectivity index (χ4v) is 4.12. The van der Waals surface area contributed by atoms with Gasteiger partial charge in [-0.05, 0) is 55.9 Å². The minimum Gasteiger partial charge on any atom is -0.497 e. The Morgan fingerprint density at radius 1 is 1.24 bits per heavy atom. The Kier molecular flexibility index (Phi) is 6.89. The molecule has 1 saturated heterocycles. The normalized spacial score (nSPS) is 23.8. The Morgan fingerprint density at radius 2 is 1.90 bits per heavy atom. The van der Waals surface area contributed by atoms with E-state index in [1.807, 2.05) is 24.3 Å². The van der Waals surface area contributed by atoms with Crippen LogP contribution >= 0.6 is 11.8 Å². The van der Waals surface area contributed by atoms with Gasteiger partial charge in [0.25, 0.3) is 5.91 Å². The van der Waals surface area contributed by atoms with E-state index in [4.69, 9.17) is 9.47 Å². The fourth-order valence-electron chi connectivity index (χ4n) is 3.53.